The van der Waals surface area contributed by atoms with Gasteiger partial charge in [-0.1, -0.05) is 37.5 Å². The van der Waals surface area contributed by atoms with E-state index in [1.807, 2.05) is 6.08 Å². The first-order valence-electron chi connectivity index (χ1n) is 12.1. The van der Waals surface area contributed by atoms with E-state index in [4.69, 9.17) is 4.74 Å². The highest BCUT2D eigenvalue weighted by molar-refractivity contribution is 5.97. The molecule has 2 aromatic rings. The number of rotatable bonds is 6. The number of Topliss-reactive ketones (excluding diaryl/α,β-unsaturated/α-hetero) is 1. The van der Waals surface area contributed by atoms with Crippen molar-refractivity contribution in [2.45, 2.75) is 51.1 Å². The molecule has 6 nitrogen and oxygen atoms in total. The predicted molar refractivity (Wildman–Crippen MR) is 122 cm³/mol. The zero-order valence-corrected chi connectivity index (χ0v) is 19.4. The molecule has 0 radical (unpaired) electrons. The van der Waals surface area contributed by atoms with Gasteiger partial charge in [-0.2, -0.15) is 13.2 Å². The quantitative estimate of drug-likeness (QED) is 0.571. The van der Waals surface area contributed by atoms with Gasteiger partial charge in [0, 0.05) is 36.1 Å². The number of aromatic nitrogens is 1. The third-order valence-corrected chi connectivity index (χ3v) is 6.51. The van der Waals surface area contributed by atoms with Crippen LogP contribution in [0, 0.1) is 11.8 Å². The first-order valence-corrected chi connectivity index (χ1v) is 12.1. The summed E-state index contributed by atoms with van der Waals surface area (Å²) < 4.78 is 48.3. The second-order valence-electron chi connectivity index (χ2n) is 9.15. The van der Waals surface area contributed by atoms with Gasteiger partial charge in [-0.25, -0.2) is 4.98 Å². The van der Waals surface area contributed by atoms with Crippen LogP contribution < -0.4 is 5.32 Å². The van der Waals surface area contributed by atoms with Crippen LogP contribution in [0.2, 0.25) is 0 Å². The molecule has 2 heterocycles. The van der Waals surface area contributed by atoms with E-state index in [0.29, 0.717) is 37.3 Å². The van der Waals surface area contributed by atoms with E-state index in [9.17, 15) is 22.8 Å². The third-order valence-electron chi connectivity index (χ3n) is 6.51. The second-order valence-corrected chi connectivity index (χ2v) is 9.15. The summed E-state index contributed by atoms with van der Waals surface area (Å²) in [5.74, 6) is -1.38. The van der Waals surface area contributed by atoms with Gasteiger partial charge in [0.25, 0.3) is 5.91 Å². The molecular formula is C26H29F3N2O4. The van der Waals surface area contributed by atoms with E-state index < -0.39 is 12.1 Å². The van der Waals surface area contributed by atoms with Crippen molar-refractivity contribution < 1.29 is 31.9 Å². The standard InChI is InChI=1S/C26H29F3N2O4/c27-26(28,29)25-31-22(16-35-25)18-8-10-20(11-9-18)24(33)30-14-17-13-21(7-4-12-34-15-17)23(32)19-5-2-1-3-6-19/h8-11,13,16-17,19H,1-7,12,14-15H2,(H,30,33)/b21-13-. The number of hydrogen-bond acceptors (Lipinski definition) is 5. The average Bonchev–Trinajstić information content (AvgIpc) is 3.35. The SMILES string of the molecule is O=C(NCC1/C=C(\C(=O)C2CCCCC2)CCCOC1)c1ccc(-c2coc(C(F)(F)F)n2)cc1. The smallest absolute Gasteiger partial charge is 0.441 e. The van der Waals surface area contributed by atoms with E-state index in [0.717, 1.165) is 43.9 Å². The highest BCUT2D eigenvalue weighted by Gasteiger charge is 2.37. The summed E-state index contributed by atoms with van der Waals surface area (Å²) in [5.41, 5.74) is 1.66. The Hall–Kier alpha value is -2.94. The number of halogens is 3. The van der Waals surface area contributed by atoms with Crippen LogP contribution in [0.5, 0.6) is 0 Å². The van der Waals surface area contributed by atoms with Crippen molar-refractivity contribution >= 4 is 11.7 Å². The van der Waals surface area contributed by atoms with Crippen molar-refractivity contribution in [1.29, 1.82) is 0 Å². The molecule has 4 rings (SSSR count). The van der Waals surface area contributed by atoms with Crippen LogP contribution in [0.15, 0.2) is 46.6 Å². The maximum absolute atomic E-state index is 13.1. The molecule has 1 aliphatic carbocycles. The predicted octanol–water partition coefficient (Wildman–Crippen LogP) is 5.59. The number of nitrogens with zero attached hydrogens (tertiary/aromatic N) is 1. The normalized spacial score (nSPS) is 21.5. The Balaban J connectivity index is 1.37. The Bertz CT molecular complexity index is 1050. The van der Waals surface area contributed by atoms with Crippen molar-refractivity contribution in [1.82, 2.24) is 10.3 Å². The molecule has 1 aliphatic heterocycles. The lowest BCUT2D eigenvalue weighted by atomic mass is 9.82. The molecule has 1 atom stereocenters. The molecule has 1 N–H and O–H groups in total. The summed E-state index contributed by atoms with van der Waals surface area (Å²) in [6.45, 7) is 1.33. The number of nitrogens with one attached hydrogen (secondary N) is 1. The van der Waals surface area contributed by atoms with Crippen molar-refractivity contribution in [3.05, 3.63) is 53.6 Å². The number of alkyl halides is 3. The zero-order chi connectivity index (χ0) is 24.8. The lowest BCUT2D eigenvalue weighted by Crippen LogP contribution is -2.32. The van der Waals surface area contributed by atoms with Crippen LogP contribution in [-0.2, 0) is 15.7 Å². The van der Waals surface area contributed by atoms with E-state index in [1.54, 1.807) is 0 Å². The molecule has 0 spiro atoms. The Labute approximate surface area is 201 Å². The number of ether oxygens (including phenoxy) is 1. The summed E-state index contributed by atoms with van der Waals surface area (Å²) in [5, 5.41) is 2.88. The van der Waals surface area contributed by atoms with Gasteiger partial charge in [-0.3, -0.25) is 9.59 Å². The van der Waals surface area contributed by atoms with Gasteiger partial charge in [-0.15, -0.1) is 0 Å². The molecule has 0 bridgehead atoms. The minimum absolute atomic E-state index is 0.0382. The Kier molecular flexibility index (Phi) is 8.05. The molecule has 0 saturated heterocycles. The molecule has 35 heavy (non-hydrogen) atoms. The molecule has 1 aromatic carbocycles. The monoisotopic (exact) mass is 490 g/mol. The molecule has 188 valence electrons. The van der Waals surface area contributed by atoms with Crippen LogP contribution in [0.4, 0.5) is 13.2 Å². The van der Waals surface area contributed by atoms with Crippen LogP contribution in [0.25, 0.3) is 11.3 Å². The molecule has 1 saturated carbocycles. The second kappa shape index (κ2) is 11.2. The van der Waals surface area contributed by atoms with E-state index in [-0.39, 0.29) is 29.2 Å². The summed E-state index contributed by atoms with van der Waals surface area (Å²) in [7, 11) is 0. The minimum Gasteiger partial charge on any atom is -0.441 e. The summed E-state index contributed by atoms with van der Waals surface area (Å²) in [4.78, 5) is 29.2. The lowest BCUT2D eigenvalue weighted by molar-refractivity contribution is -0.157. The van der Waals surface area contributed by atoms with E-state index in [2.05, 4.69) is 14.7 Å². The Morgan fingerprint density at radius 1 is 1.06 bits per heavy atom. The lowest BCUT2D eigenvalue weighted by Gasteiger charge is -2.24. The van der Waals surface area contributed by atoms with Crippen molar-refractivity contribution in [2.75, 3.05) is 19.8 Å². The molecule has 2 aliphatic rings. The topological polar surface area (TPSA) is 81.4 Å². The number of oxazole rings is 1. The van der Waals surface area contributed by atoms with Gasteiger partial charge in [0.2, 0.25) is 0 Å². The zero-order valence-electron chi connectivity index (χ0n) is 19.4. The Morgan fingerprint density at radius 3 is 2.49 bits per heavy atom. The van der Waals surface area contributed by atoms with Gasteiger partial charge in [0.15, 0.2) is 5.78 Å². The first-order chi connectivity index (χ1) is 16.8. The molecule has 1 amide bonds. The largest absolute Gasteiger partial charge is 0.468 e. The minimum atomic E-state index is -4.66. The van der Waals surface area contributed by atoms with Gasteiger partial charge >= 0.3 is 12.1 Å². The average molecular weight is 491 g/mol. The van der Waals surface area contributed by atoms with Gasteiger partial charge < -0.3 is 14.5 Å². The number of hydrogen-bond donors (Lipinski definition) is 1. The maximum atomic E-state index is 13.1. The van der Waals surface area contributed by atoms with Crippen molar-refractivity contribution in [3.63, 3.8) is 0 Å². The van der Waals surface area contributed by atoms with E-state index >= 15 is 0 Å². The van der Waals surface area contributed by atoms with Crippen LogP contribution in [0.1, 0.15) is 61.2 Å². The summed E-state index contributed by atoms with van der Waals surface area (Å²) >= 11 is 0. The van der Waals surface area contributed by atoms with Crippen LogP contribution in [0.3, 0.4) is 0 Å². The molecule has 1 unspecified atom stereocenters. The maximum Gasteiger partial charge on any atom is 0.468 e. The fourth-order valence-corrected chi connectivity index (χ4v) is 4.62. The fourth-order valence-electron chi connectivity index (χ4n) is 4.62. The molecule has 9 heteroatoms. The highest BCUT2D eigenvalue weighted by Crippen LogP contribution is 2.31. The number of carbonyl (C=O) groups is 2. The molecule has 1 aromatic heterocycles. The number of benzene rings is 1. The highest BCUT2D eigenvalue weighted by atomic mass is 19.4. The summed E-state index contributed by atoms with van der Waals surface area (Å²) in [6, 6.07) is 6.09. The van der Waals surface area contributed by atoms with Gasteiger partial charge in [0.05, 0.1) is 6.61 Å². The molecule has 1 fully saturated rings. The third kappa shape index (κ3) is 6.60. The first kappa shape index (κ1) is 25.2. The van der Waals surface area contributed by atoms with Gasteiger partial charge in [-0.05, 0) is 43.4 Å². The Morgan fingerprint density at radius 2 is 1.80 bits per heavy atom. The van der Waals surface area contributed by atoms with Crippen molar-refractivity contribution in [3.8, 4) is 11.3 Å². The fraction of sp³-hybridized carbons (Fsp3) is 0.500. The summed E-state index contributed by atoms with van der Waals surface area (Å²) in [6.07, 6.45) is 5.06. The number of carbonyl (C=O) groups excluding carboxylic acids is 2. The van der Waals surface area contributed by atoms with Crippen LogP contribution in [-0.4, -0.2) is 36.4 Å². The molecular weight excluding hydrogens is 461 g/mol. The number of ketones is 1. The number of allylic oxidation sites excluding steroid dienone is 1. The van der Waals surface area contributed by atoms with E-state index in [1.165, 1.54) is 30.7 Å². The van der Waals surface area contributed by atoms with Crippen molar-refractivity contribution in [2.24, 2.45) is 11.8 Å². The number of amides is 1. The van der Waals surface area contributed by atoms with Gasteiger partial charge in [0.1, 0.15) is 12.0 Å². The van der Waals surface area contributed by atoms with Crippen LogP contribution >= 0.6 is 0 Å².